The normalized spacial score (nSPS) is 12.1. The molecule has 28 heavy (non-hydrogen) atoms. The van der Waals surface area contributed by atoms with Crippen molar-refractivity contribution < 1.29 is 163 Å². The predicted octanol–water partition coefficient (Wildman–Crippen LogP) is -6.91. The molecule has 0 aromatic heterocycles. The van der Waals surface area contributed by atoms with E-state index in [0.29, 0.717) is 0 Å². The van der Waals surface area contributed by atoms with Gasteiger partial charge in [0.05, 0.1) is 31.7 Å². The zero-order valence-corrected chi connectivity index (χ0v) is 24.5. The Balaban J connectivity index is -0.000000192. The molecule has 0 unspecified atom stereocenters. The molecule has 0 aromatic carbocycles. The van der Waals surface area contributed by atoms with Gasteiger partial charge in [0.1, 0.15) is 0 Å². The van der Waals surface area contributed by atoms with Crippen molar-refractivity contribution in [1.82, 2.24) is 0 Å². The first-order valence-corrected chi connectivity index (χ1v) is 12.8. The summed E-state index contributed by atoms with van der Waals surface area (Å²) in [6, 6.07) is 0. The van der Waals surface area contributed by atoms with Crippen LogP contribution in [0, 0.1) is 0 Å². The second-order valence-corrected chi connectivity index (χ2v) is 10.9. The minimum absolute atomic E-state index is 0. The van der Waals surface area contributed by atoms with Gasteiger partial charge in [0.25, 0.3) is 20.2 Å². The summed E-state index contributed by atoms with van der Waals surface area (Å²) in [5.74, 6) is -2.60. The molecule has 0 aliphatic heterocycles. The fraction of sp³-hybridized carbons (Fsp3) is 1.00. The smallest absolute Gasteiger partial charge is 0.748 e. The largest absolute Gasteiger partial charge is 1.00 e. The first-order valence-electron chi connectivity index (χ1n) is 6.46. The molecular weight excluding hydrogens is 533 g/mol. The van der Waals surface area contributed by atoms with Gasteiger partial charge in [0.2, 0.25) is 0 Å². The van der Waals surface area contributed by atoms with Gasteiger partial charge in [0, 0.05) is 11.5 Å². The van der Waals surface area contributed by atoms with Gasteiger partial charge in [-0.2, -0.15) is 16.8 Å². The van der Waals surface area contributed by atoms with E-state index in [4.69, 9.17) is 0 Å². The van der Waals surface area contributed by atoms with E-state index in [1.54, 1.807) is 0 Å². The Morgan fingerprint density at radius 1 is 0.536 bits per heavy atom. The number of unbranched alkanes of at least 4 members (excludes halogenated alkanes) is 2. The van der Waals surface area contributed by atoms with Crippen molar-refractivity contribution in [3.8, 4) is 0 Å². The van der Waals surface area contributed by atoms with E-state index in [1.165, 1.54) is 0 Å². The minimum atomic E-state index is -4.33. The second-order valence-electron chi connectivity index (χ2n) is 4.59. The van der Waals surface area contributed by atoms with Gasteiger partial charge in [-0.25, -0.2) is 16.8 Å². The van der Waals surface area contributed by atoms with Crippen LogP contribution in [0.25, 0.3) is 0 Å². The van der Waals surface area contributed by atoms with E-state index in [0.717, 1.165) is 0 Å². The quantitative estimate of drug-likeness (QED) is 0.127. The van der Waals surface area contributed by atoms with Gasteiger partial charge in [-0.05, 0) is 34.7 Å². The molecule has 0 amide bonds. The van der Waals surface area contributed by atoms with Gasteiger partial charge in [-0.3, -0.25) is 0 Å². The molecule has 0 saturated heterocycles. The average Bonchev–Trinajstić information content (AvgIpc) is 2.47. The summed E-state index contributed by atoms with van der Waals surface area (Å²) >= 11 is 0. The molecule has 0 aromatic rings. The SMILES string of the molecule is O=S(=O)([O-])CCCCS(=O)(=O)OF.O=S(=O)([O-])CCCCS(=O)(=O)OF.[K+].[K+]. The molecule has 12 nitrogen and oxygen atoms in total. The third-order valence-corrected chi connectivity index (χ3v) is 5.81. The maximum atomic E-state index is 11.2. The Labute approximate surface area is 247 Å². The molecule has 0 bridgehead atoms. The molecule has 0 atom stereocenters. The van der Waals surface area contributed by atoms with E-state index in [2.05, 4.69) is 8.78 Å². The van der Waals surface area contributed by atoms with Crippen molar-refractivity contribution in [1.29, 1.82) is 0 Å². The Morgan fingerprint density at radius 3 is 0.929 bits per heavy atom. The van der Waals surface area contributed by atoms with Crippen LogP contribution in [0.5, 0.6) is 0 Å². The Morgan fingerprint density at radius 2 is 0.750 bits per heavy atom. The molecule has 0 spiro atoms. The Bertz CT molecular complexity index is 740. The van der Waals surface area contributed by atoms with Crippen molar-refractivity contribution in [3.63, 3.8) is 0 Å². The molecule has 0 rings (SSSR count). The number of rotatable bonds is 12. The first kappa shape index (κ1) is 38.1. The number of hydrogen-bond donors (Lipinski definition) is 0. The topological polar surface area (TPSA) is 201 Å². The standard InChI is InChI=1S/2C4H9FO6S2.2K/c2*5-11-13(9,10)4-2-1-3-12(6,7)8;;/h2*1-4H2,(H,6,7,8);;/q;;2*+1/p-2. The zero-order chi connectivity index (χ0) is 21.1. The van der Waals surface area contributed by atoms with Crippen LogP contribution in [-0.2, 0) is 49.2 Å². The van der Waals surface area contributed by atoms with E-state index >= 15 is 0 Å². The van der Waals surface area contributed by atoms with Gasteiger partial charge < -0.3 is 9.11 Å². The maximum Gasteiger partial charge on any atom is 1.00 e. The molecular formula is C8H16F2K2O12S4. The van der Waals surface area contributed by atoms with Crippen LogP contribution >= 0.6 is 0 Å². The molecule has 0 saturated carbocycles. The van der Waals surface area contributed by atoms with Crippen LogP contribution in [0.3, 0.4) is 0 Å². The van der Waals surface area contributed by atoms with Crippen LogP contribution in [0.2, 0.25) is 0 Å². The molecule has 0 N–H and O–H groups in total. The van der Waals surface area contributed by atoms with Gasteiger partial charge >= 0.3 is 103 Å². The summed E-state index contributed by atoms with van der Waals surface area (Å²) in [6.45, 7) is 0. The molecule has 0 heterocycles. The zero-order valence-electron chi connectivity index (χ0n) is 14.9. The van der Waals surface area contributed by atoms with Crippen molar-refractivity contribution >= 4 is 40.5 Å². The third kappa shape index (κ3) is 31.0. The van der Waals surface area contributed by atoms with Crippen LogP contribution in [0.15, 0.2) is 0 Å². The second kappa shape index (κ2) is 18.2. The third-order valence-electron chi connectivity index (χ3n) is 2.27. The van der Waals surface area contributed by atoms with Gasteiger partial charge in [-0.1, -0.05) is 8.78 Å². The van der Waals surface area contributed by atoms with E-state index < -0.39 is 63.5 Å². The van der Waals surface area contributed by atoms with Crippen LogP contribution in [-0.4, -0.2) is 65.8 Å². The first-order chi connectivity index (χ1) is 11.5. The summed E-state index contributed by atoms with van der Waals surface area (Å²) in [5.41, 5.74) is 0. The Kier molecular flexibility index (Phi) is 24.8. The fourth-order valence-electron chi connectivity index (χ4n) is 1.18. The van der Waals surface area contributed by atoms with Crippen molar-refractivity contribution in [2.24, 2.45) is 0 Å². The van der Waals surface area contributed by atoms with E-state index in [9.17, 15) is 51.8 Å². The number of hydrogen-bond acceptors (Lipinski definition) is 12. The molecule has 0 aliphatic rings. The van der Waals surface area contributed by atoms with Crippen LogP contribution in [0.1, 0.15) is 25.7 Å². The van der Waals surface area contributed by atoms with Crippen molar-refractivity contribution in [3.05, 3.63) is 0 Å². The summed E-state index contributed by atoms with van der Waals surface area (Å²) in [5, 5.41) is 0. The fourth-order valence-corrected chi connectivity index (χ4v) is 3.54. The summed E-state index contributed by atoms with van der Waals surface area (Å²) < 4.78 is 129. The van der Waals surface area contributed by atoms with E-state index in [1.807, 2.05) is 0 Å². The number of halogens is 2. The molecule has 20 heteroatoms. The summed E-state index contributed by atoms with van der Waals surface area (Å²) in [4.78, 5) is 0. The summed E-state index contributed by atoms with van der Waals surface area (Å²) in [7, 11) is -17.1. The van der Waals surface area contributed by atoms with Crippen molar-refractivity contribution in [2.75, 3.05) is 23.0 Å². The summed E-state index contributed by atoms with van der Waals surface area (Å²) in [6.07, 6.45) is -0.524. The van der Waals surface area contributed by atoms with Crippen LogP contribution in [0.4, 0.5) is 9.05 Å². The van der Waals surface area contributed by atoms with E-state index in [-0.39, 0.29) is 128 Å². The minimum Gasteiger partial charge on any atom is -0.748 e. The predicted molar refractivity (Wildman–Crippen MR) is 79.6 cm³/mol. The molecule has 0 aliphatic carbocycles. The Hall–Kier alpha value is 2.77. The van der Waals surface area contributed by atoms with Gasteiger partial charge in [-0.15, -0.1) is 0 Å². The monoisotopic (exact) mass is 548 g/mol. The average molecular weight is 549 g/mol. The van der Waals surface area contributed by atoms with Crippen LogP contribution < -0.4 is 103 Å². The maximum absolute atomic E-state index is 11.2. The molecule has 160 valence electrons. The molecule has 0 radical (unpaired) electrons. The molecule has 0 fully saturated rings. The van der Waals surface area contributed by atoms with Crippen molar-refractivity contribution in [2.45, 2.75) is 25.7 Å². The van der Waals surface area contributed by atoms with Gasteiger partial charge in [0.15, 0.2) is 0 Å².